The fourth-order valence-corrected chi connectivity index (χ4v) is 2.22. The highest BCUT2D eigenvalue weighted by atomic mass is 32.2. The average Bonchev–Trinajstić information content (AvgIpc) is 2.10. The van der Waals surface area contributed by atoms with Gasteiger partial charge in [-0.25, -0.2) is 4.79 Å². The van der Waals surface area contributed by atoms with Crippen LogP contribution in [0.15, 0.2) is 10.5 Å². The summed E-state index contributed by atoms with van der Waals surface area (Å²) in [6.45, 7) is 3.93. The van der Waals surface area contributed by atoms with Gasteiger partial charge in [0, 0.05) is 5.25 Å². The predicted molar refractivity (Wildman–Crippen MR) is 42.0 cm³/mol. The van der Waals surface area contributed by atoms with E-state index in [1.807, 2.05) is 13.8 Å². The second kappa shape index (κ2) is 2.66. The smallest absolute Gasteiger partial charge is 0.342 e. The molecule has 0 fully saturated rings. The summed E-state index contributed by atoms with van der Waals surface area (Å²) in [5.74, 6) is -0.771. The molecule has 1 unspecified atom stereocenters. The Kier molecular flexibility index (Phi) is 2.04. The summed E-state index contributed by atoms with van der Waals surface area (Å²) >= 11 is 1.46. The summed E-state index contributed by atoms with van der Waals surface area (Å²) in [6.07, 6.45) is 0.923. The summed E-state index contributed by atoms with van der Waals surface area (Å²) < 4.78 is 0. The van der Waals surface area contributed by atoms with Crippen molar-refractivity contribution in [3.05, 3.63) is 10.5 Å². The number of allylic oxidation sites excluding steroid dienone is 1. The largest absolute Gasteiger partial charge is 0.477 e. The predicted octanol–water partition coefficient (Wildman–Crippen LogP) is 1.87. The Balaban J connectivity index is 2.76. The Morgan fingerprint density at radius 2 is 2.40 bits per heavy atom. The number of hydrogen-bond donors (Lipinski definition) is 1. The number of aliphatic carboxylic acids is 1. The van der Waals surface area contributed by atoms with Gasteiger partial charge in [0.25, 0.3) is 0 Å². The Morgan fingerprint density at radius 3 is 2.60 bits per heavy atom. The lowest BCUT2D eigenvalue weighted by Gasteiger charge is -1.96. The summed E-state index contributed by atoms with van der Waals surface area (Å²) in [4.78, 5) is 11.0. The first-order valence-corrected chi connectivity index (χ1v) is 4.09. The summed E-state index contributed by atoms with van der Waals surface area (Å²) in [6, 6.07) is 0. The zero-order valence-corrected chi connectivity index (χ0v) is 6.86. The molecule has 10 heavy (non-hydrogen) atoms. The van der Waals surface area contributed by atoms with Crippen molar-refractivity contribution >= 4 is 17.7 Å². The quantitative estimate of drug-likeness (QED) is 0.633. The van der Waals surface area contributed by atoms with Crippen molar-refractivity contribution in [3.63, 3.8) is 0 Å². The third kappa shape index (κ3) is 1.34. The van der Waals surface area contributed by atoms with E-state index in [4.69, 9.17) is 5.11 Å². The van der Waals surface area contributed by atoms with E-state index in [9.17, 15) is 4.79 Å². The Labute approximate surface area is 64.3 Å². The van der Waals surface area contributed by atoms with E-state index >= 15 is 0 Å². The average molecular weight is 158 g/mol. The molecule has 0 saturated carbocycles. The number of thioether (sulfide) groups is 1. The first-order chi connectivity index (χ1) is 4.61. The van der Waals surface area contributed by atoms with E-state index in [0.717, 1.165) is 12.0 Å². The highest BCUT2D eigenvalue weighted by Gasteiger charge is 2.23. The van der Waals surface area contributed by atoms with E-state index < -0.39 is 5.97 Å². The van der Waals surface area contributed by atoms with Crippen molar-refractivity contribution < 1.29 is 9.90 Å². The first-order valence-electron chi connectivity index (χ1n) is 3.21. The molecule has 56 valence electrons. The minimum Gasteiger partial charge on any atom is -0.477 e. The lowest BCUT2D eigenvalue weighted by Crippen LogP contribution is -1.95. The lowest BCUT2D eigenvalue weighted by atomic mass is 10.2. The molecule has 0 aromatic heterocycles. The molecule has 1 N–H and O–H groups in total. The van der Waals surface area contributed by atoms with Crippen molar-refractivity contribution in [2.75, 3.05) is 0 Å². The summed E-state index contributed by atoms with van der Waals surface area (Å²) in [5, 5.41) is 9.07. The van der Waals surface area contributed by atoms with Gasteiger partial charge < -0.3 is 5.11 Å². The maximum absolute atomic E-state index is 10.5. The highest BCUT2D eigenvalue weighted by Crippen LogP contribution is 2.36. The number of carbonyl (C=O) groups is 1. The molecule has 0 aromatic carbocycles. The number of carboxylic acids is 1. The number of rotatable bonds is 1. The second-order valence-electron chi connectivity index (χ2n) is 2.55. The van der Waals surface area contributed by atoms with Crippen LogP contribution >= 0.6 is 11.8 Å². The number of hydrogen-bond acceptors (Lipinski definition) is 2. The maximum atomic E-state index is 10.5. The van der Waals surface area contributed by atoms with Crippen LogP contribution in [0.1, 0.15) is 20.3 Å². The van der Waals surface area contributed by atoms with Crippen molar-refractivity contribution in [1.82, 2.24) is 0 Å². The molecular formula is C7H10O2S. The van der Waals surface area contributed by atoms with Gasteiger partial charge in [-0.2, -0.15) is 0 Å². The van der Waals surface area contributed by atoms with Gasteiger partial charge in [0.2, 0.25) is 0 Å². The molecule has 1 aliphatic heterocycles. The van der Waals surface area contributed by atoms with Crippen LogP contribution in [-0.4, -0.2) is 16.3 Å². The molecule has 1 atom stereocenters. The van der Waals surface area contributed by atoms with Crippen LogP contribution < -0.4 is 0 Å². The molecule has 1 rings (SSSR count). The van der Waals surface area contributed by atoms with Gasteiger partial charge in [0.05, 0.1) is 4.91 Å². The molecule has 3 heteroatoms. The zero-order valence-electron chi connectivity index (χ0n) is 6.05. The van der Waals surface area contributed by atoms with E-state index in [2.05, 4.69) is 0 Å². The fraction of sp³-hybridized carbons (Fsp3) is 0.571. The van der Waals surface area contributed by atoms with Crippen molar-refractivity contribution in [2.45, 2.75) is 25.5 Å². The SMILES string of the molecule is CC1=C(C(=O)O)SC(C)C1. The maximum Gasteiger partial charge on any atom is 0.342 e. The second-order valence-corrected chi connectivity index (χ2v) is 4.00. The summed E-state index contributed by atoms with van der Waals surface area (Å²) in [5.41, 5.74) is 1.02. The molecule has 1 heterocycles. The fourth-order valence-electron chi connectivity index (χ4n) is 1.10. The summed E-state index contributed by atoms with van der Waals surface area (Å²) in [7, 11) is 0. The first kappa shape index (κ1) is 7.66. The van der Waals surface area contributed by atoms with Crippen LogP contribution in [0, 0.1) is 0 Å². The van der Waals surface area contributed by atoms with Crippen LogP contribution in [0.2, 0.25) is 0 Å². The van der Waals surface area contributed by atoms with Crippen LogP contribution in [0.5, 0.6) is 0 Å². The van der Waals surface area contributed by atoms with Crippen LogP contribution in [0.4, 0.5) is 0 Å². The van der Waals surface area contributed by atoms with Gasteiger partial charge in [-0.15, -0.1) is 11.8 Å². The molecule has 0 aromatic rings. The third-order valence-electron chi connectivity index (χ3n) is 1.49. The van der Waals surface area contributed by atoms with Crippen LogP contribution in [0.3, 0.4) is 0 Å². The third-order valence-corrected chi connectivity index (χ3v) is 2.82. The van der Waals surface area contributed by atoms with E-state index in [1.165, 1.54) is 11.8 Å². The molecule has 1 aliphatic rings. The van der Waals surface area contributed by atoms with E-state index in [0.29, 0.717) is 10.2 Å². The molecule has 0 saturated heterocycles. The molecule has 0 radical (unpaired) electrons. The zero-order chi connectivity index (χ0) is 7.72. The minimum absolute atomic E-state index is 0.450. The standard InChI is InChI=1S/C7H10O2S/c1-4-3-5(2)10-6(4)7(8)9/h5H,3H2,1-2H3,(H,8,9). The van der Waals surface area contributed by atoms with Crippen LogP contribution in [-0.2, 0) is 4.79 Å². The van der Waals surface area contributed by atoms with Gasteiger partial charge in [-0.1, -0.05) is 12.5 Å². The normalized spacial score (nSPS) is 25.6. The number of carboxylic acid groups (broad SMARTS) is 1. The van der Waals surface area contributed by atoms with Gasteiger partial charge in [-0.05, 0) is 13.3 Å². The Morgan fingerprint density at radius 1 is 1.80 bits per heavy atom. The van der Waals surface area contributed by atoms with Crippen molar-refractivity contribution in [3.8, 4) is 0 Å². The minimum atomic E-state index is -0.771. The Hall–Kier alpha value is -0.440. The topological polar surface area (TPSA) is 37.3 Å². The van der Waals surface area contributed by atoms with Gasteiger partial charge >= 0.3 is 5.97 Å². The van der Waals surface area contributed by atoms with Gasteiger partial charge in [0.1, 0.15) is 0 Å². The molecule has 0 amide bonds. The molecule has 0 bridgehead atoms. The Bertz CT molecular complexity index is 196. The molecule has 2 nitrogen and oxygen atoms in total. The lowest BCUT2D eigenvalue weighted by molar-refractivity contribution is -0.131. The van der Waals surface area contributed by atoms with Gasteiger partial charge in [0.15, 0.2) is 0 Å². The van der Waals surface area contributed by atoms with Gasteiger partial charge in [-0.3, -0.25) is 0 Å². The highest BCUT2D eigenvalue weighted by molar-refractivity contribution is 8.04. The molecule has 0 aliphatic carbocycles. The van der Waals surface area contributed by atoms with Crippen molar-refractivity contribution in [1.29, 1.82) is 0 Å². The van der Waals surface area contributed by atoms with E-state index in [-0.39, 0.29) is 0 Å². The molecular weight excluding hydrogens is 148 g/mol. The van der Waals surface area contributed by atoms with Crippen LogP contribution in [0.25, 0.3) is 0 Å². The monoisotopic (exact) mass is 158 g/mol. The van der Waals surface area contributed by atoms with Crippen molar-refractivity contribution in [2.24, 2.45) is 0 Å². The van der Waals surface area contributed by atoms with E-state index in [1.54, 1.807) is 0 Å². The molecule has 0 spiro atoms.